The first-order valence-corrected chi connectivity index (χ1v) is 5.96. The number of urea groups is 1. The minimum atomic E-state index is -0.918. The van der Waals surface area contributed by atoms with Gasteiger partial charge in [0.15, 0.2) is 0 Å². The third kappa shape index (κ3) is 3.47. The van der Waals surface area contributed by atoms with Gasteiger partial charge in [-0.2, -0.15) is 0 Å². The predicted octanol–water partition coefficient (Wildman–Crippen LogP) is 1.46. The van der Waals surface area contributed by atoms with Crippen molar-refractivity contribution in [3.8, 4) is 0 Å². The molecule has 2 atom stereocenters. The number of carbonyl (C=O) groups is 2. The van der Waals surface area contributed by atoms with Crippen LogP contribution in [0.1, 0.15) is 26.7 Å². The van der Waals surface area contributed by atoms with Gasteiger partial charge in [0.25, 0.3) is 0 Å². The van der Waals surface area contributed by atoms with Crippen molar-refractivity contribution < 1.29 is 14.7 Å². The Kier molecular flexibility index (Phi) is 5.00. The summed E-state index contributed by atoms with van der Waals surface area (Å²) in [4.78, 5) is 24.3. The normalized spacial score (nSPS) is 24.2. The smallest absolute Gasteiger partial charge is 0.326 e. The van der Waals surface area contributed by atoms with Crippen LogP contribution in [0.2, 0.25) is 0 Å². The molecule has 17 heavy (non-hydrogen) atoms. The molecule has 5 heteroatoms. The molecule has 0 aromatic heterocycles. The molecular formula is C12H20N2O3. The molecule has 0 saturated carbocycles. The number of amides is 2. The third-order valence-corrected chi connectivity index (χ3v) is 3.04. The summed E-state index contributed by atoms with van der Waals surface area (Å²) in [6.07, 6.45) is 5.40. The van der Waals surface area contributed by atoms with E-state index < -0.39 is 12.0 Å². The molecule has 1 fully saturated rings. The number of nitrogens with zero attached hydrogens (tertiary/aromatic N) is 1. The number of carboxylic acid groups (broad SMARTS) is 1. The maximum absolute atomic E-state index is 11.8. The molecular weight excluding hydrogens is 220 g/mol. The number of likely N-dealkylation sites (tertiary alicyclic amines) is 1. The van der Waals surface area contributed by atoms with Crippen LogP contribution < -0.4 is 5.32 Å². The lowest BCUT2D eigenvalue weighted by Crippen LogP contribution is -2.47. The van der Waals surface area contributed by atoms with Crippen LogP contribution in [0.5, 0.6) is 0 Å². The minimum absolute atomic E-state index is 0.0220. The van der Waals surface area contributed by atoms with Crippen molar-refractivity contribution in [1.29, 1.82) is 0 Å². The third-order valence-electron chi connectivity index (χ3n) is 3.04. The Morgan fingerprint density at radius 1 is 1.53 bits per heavy atom. The first-order valence-electron chi connectivity index (χ1n) is 5.96. The van der Waals surface area contributed by atoms with E-state index in [2.05, 4.69) is 5.32 Å². The van der Waals surface area contributed by atoms with E-state index in [1.54, 1.807) is 0 Å². The number of aliphatic carboxylic acids is 1. The molecule has 0 aliphatic carbocycles. The first kappa shape index (κ1) is 13.5. The van der Waals surface area contributed by atoms with Gasteiger partial charge in [0.1, 0.15) is 6.04 Å². The Hall–Kier alpha value is -1.52. The summed E-state index contributed by atoms with van der Waals surface area (Å²) in [6, 6.07) is -0.956. The van der Waals surface area contributed by atoms with Crippen molar-refractivity contribution in [2.24, 2.45) is 5.92 Å². The monoisotopic (exact) mass is 240 g/mol. The quantitative estimate of drug-likeness (QED) is 0.577. The molecule has 1 aliphatic heterocycles. The molecule has 96 valence electrons. The fourth-order valence-electron chi connectivity index (χ4n) is 2.08. The van der Waals surface area contributed by atoms with E-state index in [1.807, 2.05) is 26.0 Å². The van der Waals surface area contributed by atoms with Crippen LogP contribution in [0, 0.1) is 5.92 Å². The number of carboxylic acids is 1. The highest BCUT2D eigenvalue weighted by Crippen LogP contribution is 2.23. The van der Waals surface area contributed by atoms with Gasteiger partial charge < -0.3 is 15.3 Å². The molecule has 0 aromatic rings. The highest BCUT2D eigenvalue weighted by Gasteiger charge is 2.39. The van der Waals surface area contributed by atoms with Crippen LogP contribution in [0.4, 0.5) is 4.79 Å². The van der Waals surface area contributed by atoms with E-state index >= 15 is 0 Å². The highest BCUT2D eigenvalue weighted by molar-refractivity contribution is 5.83. The molecule has 0 aromatic carbocycles. The molecule has 1 heterocycles. The number of nitrogens with one attached hydrogen (secondary N) is 1. The first-order chi connectivity index (χ1) is 8.07. The van der Waals surface area contributed by atoms with Gasteiger partial charge in [-0.1, -0.05) is 19.1 Å². The number of hydrogen-bond acceptors (Lipinski definition) is 2. The van der Waals surface area contributed by atoms with Crippen molar-refractivity contribution in [2.45, 2.75) is 32.7 Å². The molecule has 2 amide bonds. The Morgan fingerprint density at radius 3 is 2.82 bits per heavy atom. The molecule has 2 unspecified atom stereocenters. The minimum Gasteiger partial charge on any atom is -0.480 e. The largest absolute Gasteiger partial charge is 0.480 e. The zero-order chi connectivity index (χ0) is 12.8. The molecule has 0 bridgehead atoms. The lowest BCUT2D eigenvalue weighted by atomic mass is 10.0. The summed E-state index contributed by atoms with van der Waals surface area (Å²) in [5.41, 5.74) is 0. The van der Waals surface area contributed by atoms with Crippen LogP contribution in [-0.2, 0) is 4.79 Å². The summed E-state index contributed by atoms with van der Waals surface area (Å²) >= 11 is 0. The SMILES string of the molecule is C/C=C/CCNC(=O)N1CCC(C)C1C(=O)O. The van der Waals surface area contributed by atoms with Gasteiger partial charge in [0.2, 0.25) is 0 Å². The lowest BCUT2D eigenvalue weighted by Gasteiger charge is -2.23. The van der Waals surface area contributed by atoms with E-state index in [4.69, 9.17) is 5.11 Å². The van der Waals surface area contributed by atoms with Crippen molar-refractivity contribution in [1.82, 2.24) is 10.2 Å². The van der Waals surface area contributed by atoms with Gasteiger partial charge in [0.05, 0.1) is 0 Å². The van der Waals surface area contributed by atoms with E-state index in [1.165, 1.54) is 4.90 Å². The van der Waals surface area contributed by atoms with Gasteiger partial charge in [-0.05, 0) is 25.7 Å². The number of rotatable bonds is 4. The Labute approximate surface area is 101 Å². The summed E-state index contributed by atoms with van der Waals surface area (Å²) in [5.74, 6) is -0.896. The standard InChI is InChI=1S/C12H20N2O3/c1-3-4-5-7-13-12(17)14-8-6-9(2)10(14)11(15)16/h3-4,9-10H,5-8H2,1-2H3,(H,13,17)(H,15,16)/b4-3+. The zero-order valence-electron chi connectivity index (χ0n) is 10.3. The Balaban J connectivity index is 2.48. The maximum Gasteiger partial charge on any atom is 0.326 e. The van der Waals surface area contributed by atoms with E-state index in [9.17, 15) is 9.59 Å². The fourth-order valence-corrected chi connectivity index (χ4v) is 2.08. The molecule has 5 nitrogen and oxygen atoms in total. The molecule has 0 spiro atoms. The van der Waals surface area contributed by atoms with Gasteiger partial charge in [0, 0.05) is 13.1 Å². The predicted molar refractivity (Wildman–Crippen MR) is 64.7 cm³/mol. The van der Waals surface area contributed by atoms with Gasteiger partial charge in [-0.25, -0.2) is 9.59 Å². The van der Waals surface area contributed by atoms with E-state index in [0.29, 0.717) is 13.1 Å². The van der Waals surface area contributed by atoms with Crippen molar-refractivity contribution in [3.05, 3.63) is 12.2 Å². The maximum atomic E-state index is 11.8. The average molecular weight is 240 g/mol. The van der Waals surface area contributed by atoms with Crippen LogP contribution in [-0.4, -0.2) is 41.1 Å². The van der Waals surface area contributed by atoms with Crippen LogP contribution in [0.15, 0.2) is 12.2 Å². The van der Waals surface area contributed by atoms with Gasteiger partial charge in [-0.15, -0.1) is 0 Å². The van der Waals surface area contributed by atoms with Crippen LogP contribution in [0.25, 0.3) is 0 Å². The summed E-state index contributed by atoms with van der Waals surface area (Å²) < 4.78 is 0. The molecule has 1 aliphatic rings. The second-order valence-electron chi connectivity index (χ2n) is 4.33. The van der Waals surface area contributed by atoms with E-state index in [-0.39, 0.29) is 11.9 Å². The zero-order valence-corrected chi connectivity index (χ0v) is 10.3. The summed E-state index contributed by atoms with van der Waals surface area (Å²) in [5, 5.41) is 11.8. The van der Waals surface area contributed by atoms with Crippen molar-refractivity contribution in [3.63, 3.8) is 0 Å². The van der Waals surface area contributed by atoms with Crippen LogP contribution >= 0.6 is 0 Å². The summed E-state index contributed by atoms with van der Waals surface area (Å²) in [6.45, 7) is 4.85. The summed E-state index contributed by atoms with van der Waals surface area (Å²) in [7, 11) is 0. The second kappa shape index (κ2) is 6.27. The van der Waals surface area contributed by atoms with E-state index in [0.717, 1.165) is 12.8 Å². The molecule has 1 rings (SSSR count). The number of allylic oxidation sites excluding steroid dienone is 1. The molecule has 2 N–H and O–H groups in total. The number of carbonyl (C=O) groups excluding carboxylic acids is 1. The lowest BCUT2D eigenvalue weighted by molar-refractivity contribution is -0.142. The average Bonchev–Trinajstić information content (AvgIpc) is 2.66. The fraction of sp³-hybridized carbons (Fsp3) is 0.667. The van der Waals surface area contributed by atoms with Crippen molar-refractivity contribution in [2.75, 3.05) is 13.1 Å². The Bertz CT molecular complexity index is 315. The molecule has 1 saturated heterocycles. The van der Waals surface area contributed by atoms with Crippen molar-refractivity contribution >= 4 is 12.0 Å². The second-order valence-corrected chi connectivity index (χ2v) is 4.33. The number of hydrogen-bond donors (Lipinski definition) is 2. The van der Waals surface area contributed by atoms with Gasteiger partial charge >= 0.3 is 12.0 Å². The molecule has 0 radical (unpaired) electrons. The van der Waals surface area contributed by atoms with Gasteiger partial charge in [-0.3, -0.25) is 0 Å². The van der Waals surface area contributed by atoms with Crippen LogP contribution in [0.3, 0.4) is 0 Å². The highest BCUT2D eigenvalue weighted by atomic mass is 16.4. The Morgan fingerprint density at radius 2 is 2.24 bits per heavy atom. The topological polar surface area (TPSA) is 69.6 Å².